The zero-order chi connectivity index (χ0) is 20.4. The minimum atomic E-state index is -0.286. The lowest BCUT2D eigenvalue weighted by atomic mass is 10.1. The summed E-state index contributed by atoms with van der Waals surface area (Å²) in [5.41, 5.74) is 2.82. The van der Waals surface area contributed by atoms with E-state index in [4.69, 9.17) is 11.6 Å². The fourth-order valence-corrected chi connectivity index (χ4v) is 4.00. The summed E-state index contributed by atoms with van der Waals surface area (Å²) in [5, 5.41) is 21.3. The SMILES string of the molecule is C[C@H](/C(O)=C(\C#N)c1nc2ccccc2[nH]1)N1CCN(c2ccccc2Cl)CC1. The molecule has 29 heavy (non-hydrogen) atoms. The van der Waals surface area contributed by atoms with E-state index in [1.165, 1.54) is 0 Å². The van der Waals surface area contributed by atoms with Gasteiger partial charge in [0, 0.05) is 26.2 Å². The minimum absolute atomic E-state index is 0.0396. The van der Waals surface area contributed by atoms with Crippen LogP contribution in [0.15, 0.2) is 54.3 Å². The van der Waals surface area contributed by atoms with Gasteiger partial charge in [-0.05, 0) is 31.2 Å². The number of aromatic nitrogens is 2. The molecule has 0 unspecified atom stereocenters. The Morgan fingerprint density at radius 3 is 2.52 bits per heavy atom. The first-order chi connectivity index (χ1) is 14.1. The Morgan fingerprint density at radius 1 is 1.14 bits per heavy atom. The molecule has 1 aromatic heterocycles. The van der Waals surface area contributed by atoms with E-state index in [2.05, 4.69) is 25.8 Å². The number of aliphatic hydroxyl groups excluding tert-OH is 1. The Hall–Kier alpha value is -3.01. The van der Waals surface area contributed by atoms with Crippen molar-refractivity contribution in [2.75, 3.05) is 31.1 Å². The summed E-state index contributed by atoms with van der Waals surface area (Å²) < 4.78 is 0. The van der Waals surface area contributed by atoms with Gasteiger partial charge in [0.15, 0.2) is 5.82 Å². The molecule has 2 heterocycles. The van der Waals surface area contributed by atoms with Crippen molar-refractivity contribution < 1.29 is 5.11 Å². The van der Waals surface area contributed by atoms with Gasteiger partial charge in [0.25, 0.3) is 0 Å². The van der Waals surface area contributed by atoms with Crippen LogP contribution in [0.2, 0.25) is 5.02 Å². The van der Waals surface area contributed by atoms with Crippen LogP contribution < -0.4 is 4.90 Å². The van der Waals surface area contributed by atoms with Gasteiger partial charge in [-0.25, -0.2) is 4.98 Å². The summed E-state index contributed by atoms with van der Waals surface area (Å²) in [4.78, 5) is 12.0. The molecule has 0 aliphatic carbocycles. The number of hydrogen-bond donors (Lipinski definition) is 2. The molecule has 1 atom stereocenters. The topological polar surface area (TPSA) is 79.2 Å². The highest BCUT2D eigenvalue weighted by Crippen LogP contribution is 2.27. The molecule has 0 amide bonds. The van der Waals surface area contributed by atoms with E-state index in [0.717, 1.165) is 47.9 Å². The zero-order valence-electron chi connectivity index (χ0n) is 16.1. The molecule has 4 rings (SSSR count). The van der Waals surface area contributed by atoms with E-state index in [1.807, 2.05) is 55.5 Å². The molecule has 0 saturated carbocycles. The monoisotopic (exact) mass is 407 g/mol. The molecule has 2 N–H and O–H groups in total. The first-order valence-corrected chi connectivity index (χ1v) is 9.98. The van der Waals surface area contributed by atoms with E-state index < -0.39 is 0 Å². The number of rotatable bonds is 4. The van der Waals surface area contributed by atoms with E-state index in [9.17, 15) is 10.4 Å². The molecular weight excluding hydrogens is 386 g/mol. The predicted molar refractivity (Wildman–Crippen MR) is 116 cm³/mol. The number of H-pyrrole nitrogens is 1. The third-order valence-corrected chi connectivity index (χ3v) is 5.76. The number of allylic oxidation sites excluding steroid dienone is 1. The first-order valence-electron chi connectivity index (χ1n) is 9.60. The molecule has 0 bridgehead atoms. The van der Waals surface area contributed by atoms with Gasteiger partial charge in [-0.3, -0.25) is 4.90 Å². The van der Waals surface area contributed by atoms with Crippen molar-refractivity contribution in [2.45, 2.75) is 13.0 Å². The van der Waals surface area contributed by atoms with Gasteiger partial charge in [0.2, 0.25) is 0 Å². The number of piperazine rings is 1. The molecule has 3 aromatic rings. The van der Waals surface area contributed by atoms with Crippen LogP contribution in [0.5, 0.6) is 0 Å². The summed E-state index contributed by atoms with van der Waals surface area (Å²) in [5.74, 6) is 0.436. The van der Waals surface area contributed by atoms with Gasteiger partial charge in [-0.2, -0.15) is 5.26 Å². The van der Waals surface area contributed by atoms with Crippen molar-refractivity contribution in [3.8, 4) is 6.07 Å². The predicted octanol–water partition coefficient (Wildman–Crippen LogP) is 4.22. The molecular formula is C22H22ClN5O. The number of fused-ring (bicyclic) bond motifs is 1. The van der Waals surface area contributed by atoms with Crippen LogP contribution in [0, 0.1) is 11.3 Å². The van der Waals surface area contributed by atoms with Crippen LogP contribution >= 0.6 is 11.6 Å². The second kappa shape index (κ2) is 8.16. The van der Waals surface area contributed by atoms with Crippen LogP contribution in [-0.2, 0) is 0 Å². The molecule has 1 aliphatic heterocycles. The smallest absolute Gasteiger partial charge is 0.152 e. The third kappa shape index (κ3) is 3.80. The average molecular weight is 408 g/mol. The summed E-state index contributed by atoms with van der Waals surface area (Å²) in [6, 6.07) is 17.2. The maximum absolute atomic E-state index is 10.9. The summed E-state index contributed by atoms with van der Waals surface area (Å²) in [6.45, 7) is 5.03. The standard InChI is InChI=1S/C22H22ClN5O/c1-15(27-10-12-28(13-11-27)20-9-5-2-6-17(20)23)21(29)16(14-24)22-25-18-7-3-4-8-19(18)26-22/h2-9,15,29H,10-13H2,1H3,(H,25,26)/b21-16-/t15-/m1/s1. The van der Waals surface area contributed by atoms with Crippen molar-refractivity contribution >= 4 is 33.9 Å². The van der Waals surface area contributed by atoms with Crippen LogP contribution in [0.25, 0.3) is 16.6 Å². The molecule has 1 aliphatic rings. The van der Waals surface area contributed by atoms with E-state index in [-0.39, 0.29) is 17.4 Å². The van der Waals surface area contributed by atoms with Crippen molar-refractivity contribution in [2.24, 2.45) is 0 Å². The Balaban J connectivity index is 1.52. The number of benzene rings is 2. The number of para-hydroxylation sites is 3. The highest BCUT2D eigenvalue weighted by atomic mass is 35.5. The van der Waals surface area contributed by atoms with Crippen LogP contribution in [-0.4, -0.2) is 52.2 Å². The number of hydrogen-bond acceptors (Lipinski definition) is 5. The minimum Gasteiger partial charge on any atom is -0.509 e. The number of nitrogens with one attached hydrogen (secondary N) is 1. The van der Waals surface area contributed by atoms with Crippen molar-refractivity contribution in [3.63, 3.8) is 0 Å². The van der Waals surface area contributed by atoms with Gasteiger partial charge in [-0.15, -0.1) is 0 Å². The lowest BCUT2D eigenvalue weighted by Gasteiger charge is -2.39. The number of aliphatic hydroxyl groups is 1. The molecule has 6 nitrogen and oxygen atoms in total. The quantitative estimate of drug-likeness (QED) is 0.500. The lowest BCUT2D eigenvalue weighted by molar-refractivity contribution is 0.178. The molecule has 7 heteroatoms. The van der Waals surface area contributed by atoms with Crippen LogP contribution in [0.3, 0.4) is 0 Å². The first kappa shape index (κ1) is 19.3. The van der Waals surface area contributed by atoms with Crippen molar-refractivity contribution in [1.82, 2.24) is 14.9 Å². The number of anilines is 1. The molecule has 0 radical (unpaired) electrons. The van der Waals surface area contributed by atoms with Gasteiger partial charge in [0.1, 0.15) is 17.4 Å². The van der Waals surface area contributed by atoms with Gasteiger partial charge in [0.05, 0.1) is 27.8 Å². The molecule has 0 spiro atoms. The van der Waals surface area contributed by atoms with E-state index >= 15 is 0 Å². The fourth-order valence-electron chi connectivity index (χ4n) is 3.74. The second-order valence-electron chi connectivity index (χ2n) is 7.13. The molecule has 148 valence electrons. The summed E-state index contributed by atoms with van der Waals surface area (Å²) in [7, 11) is 0. The number of nitrogens with zero attached hydrogens (tertiary/aromatic N) is 4. The maximum atomic E-state index is 10.9. The highest BCUT2D eigenvalue weighted by Gasteiger charge is 2.27. The Morgan fingerprint density at radius 2 is 1.83 bits per heavy atom. The highest BCUT2D eigenvalue weighted by molar-refractivity contribution is 6.33. The number of imidazole rings is 1. The summed E-state index contributed by atoms with van der Waals surface area (Å²) >= 11 is 6.32. The van der Waals surface area contributed by atoms with Crippen molar-refractivity contribution in [1.29, 1.82) is 5.26 Å². The average Bonchev–Trinajstić information content (AvgIpc) is 3.18. The Labute approximate surface area is 174 Å². The number of halogens is 1. The van der Waals surface area contributed by atoms with Gasteiger partial charge >= 0.3 is 0 Å². The van der Waals surface area contributed by atoms with Gasteiger partial charge < -0.3 is 15.0 Å². The second-order valence-corrected chi connectivity index (χ2v) is 7.53. The lowest BCUT2D eigenvalue weighted by Crippen LogP contribution is -2.50. The van der Waals surface area contributed by atoms with Gasteiger partial charge in [-0.1, -0.05) is 35.9 Å². The Kier molecular flexibility index (Phi) is 5.43. The molecule has 1 saturated heterocycles. The van der Waals surface area contributed by atoms with Crippen LogP contribution in [0.4, 0.5) is 5.69 Å². The van der Waals surface area contributed by atoms with E-state index in [1.54, 1.807) is 0 Å². The zero-order valence-corrected chi connectivity index (χ0v) is 16.9. The third-order valence-electron chi connectivity index (χ3n) is 5.44. The maximum Gasteiger partial charge on any atom is 0.152 e. The molecule has 1 fully saturated rings. The normalized spacial score (nSPS) is 17.1. The van der Waals surface area contributed by atoms with E-state index in [0.29, 0.717) is 5.82 Å². The fraction of sp³-hybridized carbons (Fsp3) is 0.273. The largest absolute Gasteiger partial charge is 0.509 e. The van der Waals surface area contributed by atoms with Crippen molar-refractivity contribution in [3.05, 3.63) is 65.1 Å². The summed E-state index contributed by atoms with van der Waals surface area (Å²) in [6.07, 6.45) is 0. The molecule has 2 aromatic carbocycles. The Bertz CT molecular complexity index is 1060. The number of aromatic amines is 1. The number of nitriles is 1. The van der Waals surface area contributed by atoms with Crippen LogP contribution in [0.1, 0.15) is 12.7 Å².